The summed E-state index contributed by atoms with van der Waals surface area (Å²) in [5, 5.41) is 6.33. The smallest absolute Gasteiger partial charge is 0.222 e. The van der Waals surface area contributed by atoms with Crippen LogP contribution in [0.25, 0.3) is 0 Å². The lowest BCUT2D eigenvalue weighted by molar-refractivity contribution is -0.121. The molecule has 0 saturated heterocycles. The van der Waals surface area contributed by atoms with E-state index in [1.54, 1.807) is 6.26 Å². The Morgan fingerprint density at radius 3 is 3.25 bits per heavy atom. The summed E-state index contributed by atoms with van der Waals surface area (Å²) in [5.74, 6) is 1.07. The van der Waals surface area contributed by atoms with Crippen LogP contribution in [0, 0.1) is 0 Å². The van der Waals surface area contributed by atoms with Crippen molar-refractivity contribution >= 4 is 5.91 Å². The average molecular weight is 220 g/mol. The van der Waals surface area contributed by atoms with E-state index >= 15 is 0 Å². The Kier molecular flexibility index (Phi) is 2.44. The van der Waals surface area contributed by atoms with Gasteiger partial charge in [0.05, 0.1) is 12.3 Å². The molecule has 0 aromatic carbocycles. The van der Waals surface area contributed by atoms with Gasteiger partial charge in [0.1, 0.15) is 5.76 Å². The van der Waals surface area contributed by atoms with Crippen LogP contribution < -0.4 is 10.6 Å². The standard InChI is InChI=1S/C12H16N2O2/c15-11(14-9-1-2-9)7-10-12-8(3-5-13-10)4-6-16-12/h4,6,9-10,13H,1-3,5,7H2,(H,14,15). The number of carbonyl (C=O) groups excluding carboxylic acids is 1. The fraction of sp³-hybridized carbons (Fsp3) is 0.583. The summed E-state index contributed by atoms with van der Waals surface area (Å²) in [6.45, 7) is 0.925. The lowest BCUT2D eigenvalue weighted by Crippen LogP contribution is -2.34. The number of hydrogen-bond acceptors (Lipinski definition) is 3. The third kappa shape index (κ3) is 1.97. The molecule has 16 heavy (non-hydrogen) atoms. The van der Waals surface area contributed by atoms with Crippen molar-refractivity contribution in [1.82, 2.24) is 10.6 Å². The van der Waals surface area contributed by atoms with E-state index < -0.39 is 0 Å². The molecule has 4 heteroatoms. The molecule has 1 saturated carbocycles. The van der Waals surface area contributed by atoms with Gasteiger partial charge in [0, 0.05) is 12.5 Å². The topological polar surface area (TPSA) is 54.3 Å². The van der Waals surface area contributed by atoms with Crippen molar-refractivity contribution < 1.29 is 9.21 Å². The van der Waals surface area contributed by atoms with Gasteiger partial charge >= 0.3 is 0 Å². The van der Waals surface area contributed by atoms with Crippen LogP contribution in [0.2, 0.25) is 0 Å². The number of fused-ring (bicyclic) bond motifs is 1. The first-order chi connectivity index (χ1) is 7.83. The lowest BCUT2D eigenvalue weighted by Gasteiger charge is -2.22. The molecule has 86 valence electrons. The van der Waals surface area contributed by atoms with Crippen LogP contribution in [0.15, 0.2) is 16.7 Å². The summed E-state index contributed by atoms with van der Waals surface area (Å²) in [6, 6.07) is 2.49. The Bertz CT molecular complexity index is 395. The highest BCUT2D eigenvalue weighted by atomic mass is 16.3. The summed E-state index contributed by atoms with van der Waals surface area (Å²) in [7, 11) is 0. The molecule has 4 nitrogen and oxygen atoms in total. The monoisotopic (exact) mass is 220 g/mol. The Morgan fingerprint density at radius 1 is 1.56 bits per heavy atom. The molecule has 1 aliphatic carbocycles. The molecule has 2 N–H and O–H groups in total. The molecule has 1 aromatic rings. The number of hydrogen-bond donors (Lipinski definition) is 2. The number of carbonyl (C=O) groups is 1. The van der Waals surface area contributed by atoms with E-state index in [-0.39, 0.29) is 11.9 Å². The van der Waals surface area contributed by atoms with Gasteiger partial charge in [-0.05, 0) is 37.4 Å². The number of amides is 1. The Balaban J connectivity index is 1.65. The zero-order chi connectivity index (χ0) is 11.0. The number of rotatable bonds is 3. The first-order valence-corrected chi connectivity index (χ1v) is 5.92. The molecule has 1 atom stereocenters. The molecule has 1 amide bonds. The quantitative estimate of drug-likeness (QED) is 0.803. The van der Waals surface area contributed by atoms with Gasteiger partial charge < -0.3 is 15.1 Å². The van der Waals surface area contributed by atoms with E-state index in [4.69, 9.17) is 4.42 Å². The molecule has 2 aliphatic rings. The SMILES string of the molecule is O=C(CC1NCCc2ccoc21)NC1CC1. The van der Waals surface area contributed by atoms with Crippen molar-refractivity contribution in [3.63, 3.8) is 0 Å². The summed E-state index contributed by atoms with van der Waals surface area (Å²) < 4.78 is 5.45. The van der Waals surface area contributed by atoms with Crippen molar-refractivity contribution in [2.24, 2.45) is 0 Å². The van der Waals surface area contributed by atoms with E-state index in [0.29, 0.717) is 12.5 Å². The lowest BCUT2D eigenvalue weighted by atomic mass is 10.0. The maximum atomic E-state index is 11.7. The highest BCUT2D eigenvalue weighted by Crippen LogP contribution is 2.26. The first-order valence-electron chi connectivity index (χ1n) is 5.92. The molecule has 1 aromatic heterocycles. The minimum Gasteiger partial charge on any atom is -0.467 e. The van der Waals surface area contributed by atoms with Crippen molar-refractivity contribution in [2.75, 3.05) is 6.54 Å². The van der Waals surface area contributed by atoms with Crippen molar-refractivity contribution in [3.05, 3.63) is 23.7 Å². The average Bonchev–Trinajstić information content (AvgIpc) is 2.94. The fourth-order valence-corrected chi connectivity index (χ4v) is 2.20. The predicted molar refractivity (Wildman–Crippen MR) is 58.9 cm³/mol. The Hall–Kier alpha value is -1.29. The van der Waals surface area contributed by atoms with E-state index in [0.717, 1.165) is 31.6 Å². The van der Waals surface area contributed by atoms with Crippen LogP contribution in [0.1, 0.15) is 36.6 Å². The maximum absolute atomic E-state index is 11.7. The molecule has 0 radical (unpaired) electrons. The normalized spacial score (nSPS) is 23.9. The molecule has 1 aliphatic heterocycles. The van der Waals surface area contributed by atoms with Gasteiger partial charge in [-0.1, -0.05) is 0 Å². The third-order valence-electron chi connectivity index (χ3n) is 3.21. The zero-order valence-corrected chi connectivity index (χ0v) is 9.16. The van der Waals surface area contributed by atoms with Crippen LogP contribution in [0.3, 0.4) is 0 Å². The van der Waals surface area contributed by atoms with E-state index in [9.17, 15) is 4.79 Å². The Labute approximate surface area is 94.4 Å². The second-order valence-electron chi connectivity index (χ2n) is 4.61. The van der Waals surface area contributed by atoms with Crippen molar-refractivity contribution in [1.29, 1.82) is 0 Å². The van der Waals surface area contributed by atoms with E-state index in [1.807, 2.05) is 6.07 Å². The summed E-state index contributed by atoms with van der Waals surface area (Å²) in [5.41, 5.74) is 1.24. The summed E-state index contributed by atoms with van der Waals surface area (Å²) >= 11 is 0. The third-order valence-corrected chi connectivity index (χ3v) is 3.21. The summed E-state index contributed by atoms with van der Waals surface area (Å²) in [4.78, 5) is 11.7. The Morgan fingerprint density at radius 2 is 2.44 bits per heavy atom. The van der Waals surface area contributed by atoms with Crippen LogP contribution in [-0.4, -0.2) is 18.5 Å². The second kappa shape index (κ2) is 3.94. The minimum atomic E-state index is 0.0532. The first kappa shape index (κ1) is 9.90. The van der Waals surface area contributed by atoms with Crippen LogP contribution in [0.5, 0.6) is 0 Å². The predicted octanol–water partition coefficient (Wildman–Crippen LogP) is 1.14. The molecule has 3 rings (SSSR count). The van der Waals surface area contributed by atoms with Gasteiger partial charge in [-0.2, -0.15) is 0 Å². The van der Waals surface area contributed by atoms with E-state index in [2.05, 4.69) is 10.6 Å². The van der Waals surface area contributed by atoms with Gasteiger partial charge in [0.15, 0.2) is 0 Å². The van der Waals surface area contributed by atoms with Gasteiger partial charge in [-0.3, -0.25) is 4.79 Å². The largest absolute Gasteiger partial charge is 0.467 e. The second-order valence-corrected chi connectivity index (χ2v) is 4.61. The highest BCUT2D eigenvalue weighted by molar-refractivity contribution is 5.77. The molecule has 1 unspecified atom stereocenters. The van der Waals surface area contributed by atoms with Crippen molar-refractivity contribution in [2.45, 2.75) is 37.8 Å². The van der Waals surface area contributed by atoms with Crippen LogP contribution in [-0.2, 0) is 11.2 Å². The van der Waals surface area contributed by atoms with E-state index in [1.165, 1.54) is 5.56 Å². The zero-order valence-electron chi connectivity index (χ0n) is 9.16. The molecular formula is C12H16N2O2. The maximum Gasteiger partial charge on any atom is 0.222 e. The van der Waals surface area contributed by atoms with Gasteiger partial charge in [-0.25, -0.2) is 0 Å². The van der Waals surface area contributed by atoms with Gasteiger partial charge in [0.25, 0.3) is 0 Å². The van der Waals surface area contributed by atoms with Gasteiger partial charge in [-0.15, -0.1) is 0 Å². The molecule has 0 bridgehead atoms. The minimum absolute atomic E-state index is 0.0532. The number of nitrogens with one attached hydrogen (secondary N) is 2. The van der Waals surface area contributed by atoms with Crippen molar-refractivity contribution in [3.8, 4) is 0 Å². The highest BCUT2D eigenvalue weighted by Gasteiger charge is 2.28. The molecular weight excluding hydrogens is 204 g/mol. The fourth-order valence-electron chi connectivity index (χ4n) is 2.20. The summed E-state index contributed by atoms with van der Waals surface area (Å²) in [6.07, 6.45) is 5.46. The number of furan rings is 1. The van der Waals surface area contributed by atoms with Gasteiger partial charge in [0.2, 0.25) is 5.91 Å². The van der Waals surface area contributed by atoms with Crippen LogP contribution in [0.4, 0.5) is 0 Å². The molecule has 0 spiro atoms. The molecule has 1 fully saturated rings. The van der Waals surface area contributed by atoms with Crippen LogP contribution >= 0.6 is 0 Å². The molecule has 2 heterocycles.